The van der Waals surface area contributed by atoms with Crippen LogP contribution >= 0.6 is 11.3 Å². The summed E-state index contributed by atoms with van der Waals surface area (Å²) in [5.41, 5.74) is 2.37. The van der Waals surface area contributed by atoms with Crippen molar-refractivity contribution < 1.29 is 0 Å². The highest BCUT2D eigenvalue weighted by molar-refractivity contribution is 7.13. The number of nitrogens with one attached hydrogen (secondary N) is 1. The summed E-state index contributed by atoms with van der Waals surface area (Å²) in [6.45, 7) is 3.48. The van der Waals surface area contributed by atoms with E-state index >= 15 is 0 Å². The molecule has 0 saturated heterocycles. The number of hydrogen-bond donors (Lipinski definition) is 1. The van der Waals surface area contributed by atoms with E-state index in [-0.39, 0.29) is 5.56 Å². The Bertz CT molecular complexity index is 1010. The Morgan fingerprint density at radius 1 is 1.38 bits per heavy atom. The molecule has 3 heterocycles. The van der Waals surface area contributed by atoms with Crippen LogP contribution in [0.15, 0.2) is 34.6 Å². The van der Waals surface area contributed by atoms with Crippen LogP contribution in [-0.4, -0.2) is 19.9 Å². The van der Waals surface area contributed by atoms with Crippen LogP contribution in [0.3, 0.4) is 0 Å². The van der Waals surface area contributed by atoms with E-state index in [1.807, 2.05) is 42.6 Å². The minimum Gasteiger partial charge on any atom is -0.306 e. The van der Waals surface area contributed by atoms with E-state index in [9.17, 15) is 4.79 Å². The maximum atomic E-state index is 11.9. The second-order valence-electron chi connectivity index (χ2n) is 5.11. The zero-order valence-electron chi connectivity index (χ0n) is 13.1. The summed E-state index contributed by atoms with van der Waals surface area (Å²) in [5.74, 6) is 0.434. The number of nitriles is 1. The number of allylic oxidation sites excluding steroid dienone is 1. The Hall–Kier alpha value is -3.11. The van der Waals surface area contributed by atoms with E-state index in [4.69, 9.17) is 5.26 Å². The van der Waals surface area contributed by atoms with Crippen molar-refractivity contribution in [3.63, 3.8) is 0 Å². The maximum Gasteiger partial charge on any atom is 0.269 e. The van der Waals surface area contributed by atoms with Gasteiger partial charge in [0.2, 0.25) is 0 Å². The lowest BCUT2D eigenvalue weighted by atomic mass is 10.2. The van der Waals surface area contributed by atoms with E-state index in [2.05, 4.69) is 19.9 Å². The van der Waals surface area contributed by atoms with E-state index in [0.29, 0.717) is 11.5 Å². The average molecular weight is 335 g/mol. The van der Waals surface area contributed by atoms with Crippen molar-refractivity contribution in [3.8, 4) is 16.8 Å². The third-order valence-corrected chi connectivity index (χ3v) is 4.24. The van der Waals surface area contributed by atoms with Gasteiger partial charge in [-0.1, -0.05) is 6.07 Å². The Morgan fingerprint density at radius 2 is 2.21 bits per heavy atom. The molecule has 3 rings (SSSR count). The van der Waals surface area contributed by atoms with Gasteiger partial charge in [-0.3, -0.25) is 9.78 Å². The van der Waals surface area contributed by atoms with Crippen molar-refractivity contribution >= 4 is 23.0 Å². The smallest absolute Gasteiger partial charge is 0.269 e. The number of aryl methyl sites for hydroxylation is 1. The first kappa shape index (κ1) is 15.8. The molecule has 0 unspecified atom stereocenters. The van der Waals surface area contributed by atoms with Gasteiger partial charge >= 0.3 is 0 Å². The average Bonchev–Trinajstić information content (AvgIpc) is 3.04. The SMILES string of the molecule is C/C(=C\c1csc(-c2ccccn2)n1)c1nc(C)c(C#N)c(=O)[nH]1. The highest BCUT2D eigenvalue weighted by Crippen LogP contribution is 2.23. The molecule has 0 amide bonds. The van der Waals surface area contributed by atoms with Crippen molar-refractivity contribution in [3.05, 3.63) is 62.9 Å². The number of rotatable bonds is 3. The number of H-pyrrole nitrogens is 1. The van der Waals surface area contributed by atoms with Crippen molar-refractivity contribution in [2.75, 3.05) is 0 Å². The predicted molar refractivity (Wildman–Crippen MR) is 93.2 cm³/mol. The fourth-order valence-electron chi connectivity index (χ4n) is 2.15. The van der Waals surface area contributed by atoms with Crippen LogP contribution in [0.4, 0.5) is 0 Å². The van der Waals surface area contributed by atoms with E-state index in [1.165, 1.54) is 11.3 Å². The van der Waals surface area contributed by atoms with E-state index < -0.39 is 5.56 Å². The summed E-state index contributed by atoms with van der Waals surface area (Å²) >= 11 is 1.50. The summed E-state index contributed by atoms with van der Waals surface area (Å²) in [5, 5.41) is 11.7. The highest BCUT2D eigenvalue weighted by Gasteiger charge is 2.09. The summed E-state index contributed by atoms with van der Waals surface area (Å²) in [6.07, 6.45) is 3.57. The molecule has 118 valence electrons. The van der Waals surface area contributed by atoms with Crippen molar-refractivity contribution in [2.24, 2.45) is 0 Å². The molecule has 24 heavy (non-hydrogen) atoms. The quantitative estimate of drug-likeness (QED) is 0.794. The largest absolute Gasteiger partial charge is 0.306 e. The number of hydrogen-bond acceptors (Lipinski definition) is 6. The zero-order valence-corrected chi connectivity index (χ0v) is 13.9. The second-order valence-corrected chi connectivity index (χ2v) is 5.96. The summed E-state index contributed by atoms with van der Waals surface area (Å²) in [4.78, 5) is 27.6. The normalized spacial score (nSPS) is 11.3. The molecule has 0 atom stereocenters. The number of nitrogens with zero attached hydrogens (tertiary/aromatic N) is 4. The lowest BCUT2D eigenvalue weighted by molar-refractivity contribution is 1.01. The first-order valence-corrected chi connectivity index (χ1v) is 8.03. The standard InChI is InChI=1S/C17H13N5OS/c1-10(15-20-11(2)13(8-18)16(23)22-15)7-12-9-24-17(21-12)14-5-3-4-6-19-14/h3-7,9H,1-2H3,(H,20,22,23)/b10-7+. The summed E-state index contributed by atoms with van der Waals surface area (Å²) < 4.78 is 0. The molecule has 0 fully saturated rings. The number of aromatic amines is 1. The van der Waals surface area contributed by atoms with Gasteiger partial charge in [0, 0.05) is 11.6 Å². The fraction of sp³-hybridized carbons (Fsp3) is 0.118. The van der Waals surface area contributed by atoms with Crippen LogP contribution in [-0.2, 0) is 0 Å². The molecule has 0 aliphatic heterocycles. The first-order chi connectivity index (χ1) is 11.6. The monoisotopic (exact) mass is 335 g/mol. The Balaban J connectivity index is 1.94. The molecule has 0 saturated carbocycles. The van der Waals surface area contributed by atoms with Crippen molar-refractivity contribution in [2.45, 2.75) is 13.8 Å². The maximum absolute atomic E-state index is 11.9. The lowest BCUT2D eigenvalue weighted by Crippen LogP contribution is -2.16. The van der Waals surface area contributed by atoms with Crippen molar-refractivity contribution in [1.29, 1.82) is 5.26 Å². The first-order valence-electron chi connectivity index (χ1n) is 7.15. The lowest BCUT2D eigenvalue weighted by Gasteiger charge is -2.02. The number of aromatic nitrogens is 4. The summed E-state index contributed by atoms with van der Waals surface area (Å²) in [7, 11) is 0. The van der Waals surface area contributed by atoms with Gasteiger partial charge in [0.1, 0.15) is 22.5 Å². The summed E-state index contributed by atoms with van der Waals surface area (Å²) in [6, 6.07) is 7.54. The predicted octanol–water partition coefficient (Wildman–Crippen LogP) is 3.03. The van der Waals surface area contributed by atoms with Crippen LogP contribution in [0.5, 0.6) is 0 Å². The van der Waals surface area contributed by atoms with Gasteiger partial charge in [-0.25, -0.2) is 9.97 Å². The van der Waals surface area contributed by atoms with Crippen LogP contribution in [0.2, 0.25) is 0 Å². The van der Waals surface area contributed by atoms with Gasteiger partial charge in [-0.2, -0.15) is 5.26 Å². The Labute approximate surface area is 142 Å². The van der Waals surface area contributed by atoms with Gasteiger partial charge < -0.3 is 4.98 Å². The third-order valence-electron chi connectivity index (χ3n) is 3.36. The van der Waals surface area contributed by atoms with E-state index in [1.54, 1.807) is 13.1 Å². The van der Waals surface area contributed by atoms with Gasteiger partial charge in [0.25, 0.3) is 5.56 Å². The molecule has 3 aromatic heterocycles. The number of pyridine rings is 1. The highest BCUT2D eigenvalue weighted by atomic mass is 32.1. The van der Waals surface area contributed by atoms with Gasteiger partial charge in [0.15, 0.2) is 0 Å². The van der Waals surface area contributed by atoms with Gasteiger partial charge in [-0.05, 0) is 37.6 Å². The minimum atomic E-state index is -0.430. The fourth-order valence-corrected chi connectivity index (χ4v) is 2.91. The Kier molecular flexibility index (Phi) is 4.31. The van der Waals surface area contributed by atoms with Crippen LogP contribution < -0.4 is 5.56 Å². The van der Waals surface area contributed by atoms with Gasteiger partial charge in [-0.15, -0.1) is 11.3 Å². The third kappa shape index (κ3) is 3.14. The second kappa shape index (κ2) is 6.56. The minimum absolute atomic E-state index is 0.0395. The molecular weight excluding hydrogens is 322 g/mol. The molecule has 0 spiro atoms. The molecule has 1 N–H and O–H groups in total. The van der Waals surface area contributed by atoms with Crippen LogP contribution in [0.1, 0.15) is 29.7 Å². The molecule has 0 radical (unpaired) electrons. The molecule has 0 aliphatic carbocycles. The molecule has 0 aromatic carbocycles. The van der Waals surface area contributed by atoms with Crippen LogP contribution in [0.25, 0.3) is 22.4 Å². The zero-order chi connectivity index (χ0) is 17.1. The van der Waals surface area contributed by atoms with Crippen LogP contribution in [0, 0.1) is 18.3 Å². The molecule has 3 aromatic rings. The van der Waals surface area contributed by atoms with Gasteiger partial charge in [0.05, 0.1) is 17.1 Å². The Morgan fingerprint density at radius 3 is 2.88 bits per heavy atom. The molecular formula is C17H13N5OS. The van der Waals surface area contributed by atoms with Crippen molar-refractivity contribution in [1.82, 2.24) is 19.9 Å². The van der Waals surface area contributed by atoms with E-state index in [0.717, 1.165) is 22.0 Å². The molecule has 0 aliphatic rings. The molecule has 0 bridgehead atoms. The topological polar surface area (TPSA) is 95.3 Å². The molecule has 7 heteroatoms. The molecule has 6 nitrogen and oxygen atoms in total. The number of thiazole rings is 1.